The molecule has 0 bridgehead atoms. The predicted molar refractivity (Wildman–Crippen MR) is 91.7 cm³/mol. The summed E-state index contributed by atoms with van der Waals surface area (Å²) in [5, 5.41) is 0.697. The van der Waals surface area contributed by atoms with Crippen molar-refractivity contribution in [3.63, 3.8) is 0 Å². The van der Waals surface area contributed by atoms with E-state index in [4.69, 9.17) is 4.74 Å². The smallest absolute Gasteiger partial charge is 0.261 e. The highest BCUT2D eigenvalue weighted by Gasteiger charge is 2.18. The number of fused-ring (bicyclic) bond motifs is 1. The molecule has 1 saturated heterocycles. The summed E-state index contributed by atoms with van der Waals surface area (Å²) >= 11 is 0. The van der Waals surface area contributed by atoms with Crippen LogP contribution in [0.2, 0.25) is 0 Å². The van der Waals surface area contributed by atoms with E-state index in [1.54, 1.807) is 18.0 Å². The Bertz CT molecular complexity index is 698. The summed E-state index contributed by atoms with van der Waals surface area (Å²) in [6.45, 7) is 4.57. The van der Waals surface area contributed by atoms with Crippen molar-refractivity contribution in [2.75, 3.05) is 33.4 Å². The highest BCUT2D eigenvalue weighted by atomic mass is 16.5. The monoisotopic (exact) mass is 315 g/mol. The number of aromatic nitrogens is 2. The average molecular weight is 315 g/mol. The molecule has 2 heterocycles. The molecular formula is C18H25N3O2. The molecule has 0 radical (unpaired) electrons. The summed E-state index contributed by atoms with van der Waals surface area (Å²) in [6, 6.07) is 7.53. The minimum absolute atomic E-state index is 0.0545. The van der Waals surface area contributed by atoms with E-state index < -0.39 is 0 Å². The third-order valence-corrected chi connectivity index (χ3v) is 4.64. The van der Waals surface area contributed by atoms with E-state index in [2.05, 4.69) is 9.88 Å². The number of methoxy groups -OCH3 is 1. The lowest BCUT2D eigenvalue weighted by molar-refractivity contribution is 0.125. The molecule has 3 rings (SSSR count). The Morgan fingerprint density at radius 3 is 3.00 bits per heavy atom. The molecule has 0 amide bonds. The Morgan fingerprint density at radius 2 is 2.13 bits per heavy atom. The minimum atomic E-state index is 0.0545. The van der Waals surface area contributed by atoms with Gasteiger partial charge < -0.3 is 9.64 Å². The second-order valence-corrected chi connectivity index (χ2v) is 6.38. The van der Waals surface area contributed by atoms with Crippen LogP contribution in [0.4, 0.5) is 0 Å². The van der Waals surface area contributed by atoms with Crippen molar-refractivity contribution in [3.05, 3.63) is 40.9 Å². The second-order valence-electron chi connectivity index (χ2n) is 6.38. The maximum atomic E-state index is 12.5. The molecule has 1 atom stereocenters. The number of para-hydroxylation sites is 1. The molecular weight excluding hydrogens is 290 g/mol. The number of hydrogen-bond acceptors (Lipinski definition) is 4. The van der Waals surface area contributed by atoms with Crippen molar-refractivity contribution in [2.24, 2.45) is 5.92 Å². The van der Waals surface area contributed by atoms with E-state index >= 15 is 0 Å². The SMILES string of the molecule is COCC1CCCCN(CCn2cnc3ccccc3c2=O)C1. The molecule has 23 heavy (non-hydrogen) atoms. The van der Waals surface area contributed by atoms with Crippen molar-refractivity contribution in [1.29, 1.82) is 0 Å². The third kappa shape index (κ3) is 3.98. The fourth-order valence-corrected chi connectivity index (χ4v) is 3.41. The van der Waals surface area contributed by atoms with Crippen LogP contribution in [0.5, 0.6) is 0 Å². The molecule has 1 aromatic carbocycles. The van der Waals surface area contributed by atoms with Crippen molar-refractivity contribution in [3.8, 4) is 0 Å². The van der Waals surface area contributed by atoms with E-state index in [0.29, 0.717) is 17.8 Å². The van der Waals surface area contributed by atoms with E-state index in [-0.39, 0.29) is 5.56 Å². The number of nitrogens with zero attached hydrogens (tertiary/aromatic N) is 3. The Morgan fingerprint density at radius 1 is 1.26 bits per heavy atom. The van der Waals surface area contributed by atoms with Gasteiger partial charge in [0.2, 0.25) is 0 Å². The molecule has 1 fully saturated rings. The Labute approximate surface area is 136 Å². The van der Waals surface area contributed by atoms with Gasteiger partial charge in [0.25, 0.3) is 5.56 Å². The van der Waals surface area contributed by atoms with Gasteiger partial charge in [0, 0.05) is 26.7 Å². The molecule has 0 saturated carbocycles. The van der Waals surface area contributed by atoms with Crippen molar-refractivity contribution >= 4 is 10.9 Å². The molecule has 124 valence electrons. The van der Waals surface area contributed by atoms with Crippen LogP contribution in [0, 0.1) is 5.92 Å². The molecule has 2 aromatic rings. The molecule has 0 aliphatic carbocycles. The number of ether oxygens (including phenoxy) is 1. The van der Waals surface area contributed by atoms with Crippen LogP contribution in [-0.2, 0) is 11.3 Å². The van der Waals surface area contributed by atoms with Gasteiger partial charge in [-0.15, -0.1) is 0 Å². The molecule has 0 spiro atoms. The van der Waals surface area contributed by atoms with Crippen LogP contribution in [0.3, 0.4) is 0 Å². The first kappa shape index (κ1) is 16.1. The minimum Gasteiger partial charge on any atom is -0.384 e. The predicted octanol–water partition coefficient (Wildman–Crippen LogP) is 2.15. The molecule has 1 aliphatic rings. The van der Waals surface area contributed by atoms with E-state index in [1.807, 2.05) is 24.3 Å². The Balaban J connectivity index is 1.67. The lowest BCUT2D eigenvalue weighted by atomic mass is 10.0. The third-order valence-electron chi connectivity index (χ3n) is 4.64. The standard InChI is InChI=1S/C18H25N3O2/c1-23-13-15-6-4-5-9-20(12-15)10-11-21-14-19-17-8-3-2-7-16(17)18(21)22/h2-3,7-8,14-15H,4-6,9-13H2,1H3. The van der Waals surface area contributed by atoms with Crippen LogP contribution in [0.25, 0.3) is 10.9 Å². The maximum Gasteiger partial charge on any atom is 0.261 e. The zero-order valence-corrected chi connectivity index (χ0v) is 13.8. The number of rotatable bonds is 5. The lowest BCUT2D eigenvalue weighted by Crippen LogP contribution is -2.34. The van der Waals surface area contributed by atoms with Gasteiger partial charge in [-0.2, -0.15) is 0 Å². The van der Waals surface area contributed by atoms with E-state index in [1.165, 1.54) is 19.3 Å². The quantitative estimate of drug-likeness (QED) is 0.848. The van der Waals surface area contributed by atoms with Gasteiger partial charge in [-0.05, 0) is 37.4 Å². The van der Waals surface area contributed by atoms with Gasteiger partial charge in [-0.3, -0.25) is 9.36 Å². The summed E-state index contributed by atoms with van der Waals surface area (Å²) in [6.07, 6.45) is 5.41. The molecule has 1 unspecified atom stereocenters. The van der Waals surface area contributed by atoms with Crippen LogP contribution in [0.15, 0.2) is 35.4 Å². The summed E-state index contributed by atoms with van der Waals surface area (Å²) < 4.78 is 7.06. The lowest BCUT2D eigenvalue weighted by Gasteiger charge is -2.24. The zero-order chi connectivity index (χ0) is 16.1. The summed E-state index contributed by atoms with van der Waals surface area (Å²) in [4.78, 5) is 19.4. The van der Waals surface area contributed by atoms with Crippen molar-refractivity contribution in [1.82, 2.24) is 14.5 Å². The van der Waals surface area contributed by atoms with Crippen molar-refractivity contribution in [2.45, 2.75) is 25.8 Å². The highest BCUT2D eigenvalue weighted by molar-refractivity contribution is 5.76. The molecule has 5 heteroatoms. The normalized spacial score (nSPS) is 19.8. The summed E-state index contributed by atoms with van der Waals surface area (Å²) in [5.41, 5.74) is 0.822. The van der Waals surface area contributed by atoms with Crippen LogP contribution < -0.4 is 5.56 Å². The van der Waals surface area contributed by atoms with E-state index in [0.717, 1.165) is 31.8 Å². The van der Waals surface area contributed by atoms with Gasteiger partial charge in [0.1, 0.15) is 0 Å². The second kappa shape index (κ2) is 7.70. The van der Waals surface area contributed by atoms with Crippen LogP contribution in [0.1, 0.15) is 19.3 Å². The Hall–Kier alpha value is -1.72. The Kier molecular flexibility index (Phi) is 5.41. The fraction of sp³-hybridized carbons (Fsp3) is 0.556. The first-order chi connectivity index (χ1) is 11.3. The van der Waals surface area contributed by atoms with Crippen molar-refractivity contribution < 1.29 is 4.74 Å². The largest absolute Gasteiger partial charge is 0.384 e. The molecule has 5 nitrogen and oxygen atoms in total. The highest BCUT2D eigenvalue weighted by Crippen LogP contribution is 2.16. The van der Waals surface area contributed by atoms with Gasteiger partial charge in [-0.25, -0.2) is 4.98 Å². The molecule has 1 aliphatic heterocycles. The summed E-state index contributed by atoms with van der Waals surface area (Å²) in [7, 11) is 1.77. The average Bonchev–Trinajstić information content (AvgIpc) is 2.80. The van der Waals surface area contributed by atoms with Gasteiger partial charge in [-0.1, -0.05) is 18.6 Å². The van der Waals surface area contributed by atoms with Crippen LogP contribution >= 0.6 is 0 Å². The van der Waals surface area contributed by atoms with E-state index in [9.17, 15) is 4.79 Å². The molecule has 1 aromatic heterocycles. The summed E-state index contributed by atoms with van der Waals surface area (Å²) in [5.74, 6) is 0.606. The fourth-order valence-electron chi connectivity index (χ4n) is 3.41. The first-order valence-electron chi connectivity index (χ1n) is 8.43. The molecule has 0 N–H and O–H groups in total. The number of hydrogen-bond donors (Lipinski definition) is 0. The van der Waals surface area contributed by atoms with Crippen LogP contribution in [-0.4, -0.2) is 47.8 Å². The zero-order valence-electron chi connectivity index (χ0n) is 13.8. The topological polar surface area (TPSA) is 47.4 Å². The number of benzene rings is 1. The number of likely N-dealkylation sites (tertiary alicyclic amines) is 1. The van der Waals surface area contributed by atoms with Gasteiger partial charge in [0.15, 0.2) is 0 Å². The first-order valence-corrected chi connectivity index (χ1v) is 8.43. The van der Waals surface area contributed by atoms with Gasteiger partial charge in [0.05, 0.1) is 23.8 Å². The van der Waals surface area contributed by atoms with Gasteiger partial charge >= 0.3 is 0 Å². The maximum absolute atomic E-state index is 12.5.